The molecule has 1 fully saturated rings. The van der Waals surface area contributed by atoms with Crippen LogP contribution in [0.25, 0.3) is 0 Å². The molecule has 0 aliphatic carbocycles. The minimum Gasteiger partial charge on any atom is -0.375 e. The number of benzene rings is 2. The summed E-state index contributed by atoms with van der Waals surface area (Å²) in [4.78, 5) is 15.8. The normalized spacial score (nSPS) is 15.3. The smallest absolute Gasteiger partial charge is 0.315 e. The lowest BCUT2D eigenvalue weighted by atomic mass is 10.1. The molecule has 3 rings (SSSR count). The second-order valence-corrected chi connectivity index (χ2v) is 6.06. The second kappa shape index (κ2) is 7.31. The third-order valence-corrected chi connectivity index (χ3v) is 4.37. The summed E-state index contributed by atoms with van der Waals surface area (Å²) < 4.78 is 0. The predicted molar refractivity (Wildman–Crippen MR) is 96.6 cm³/mol. The number of nitro groups is 1. The third kappa shape index (κ3) is 3.65. The van der Waals surface area contributed by atoms with Crippen LogP contribution in [0.15, 0.2) is 48.5 Å². The van der Waals surface area contributed by atoms with Crippen molar-refractivity contribution in [3.63, 3.8) is 0 Å². The van der Waals surface area contributed by atoms with Gasteiger partial charge in [0, 0.05) is 32.7 Å². The van der Waals surface area contributed by atoms with Gasteiger partial charge in [0.05, 0.1) is 4.92 Å². The van der Waals surface area contributed by atoms with Gasteiger partial charge in [0.15, 0.2) is 0 Å². The molecule has 0 amide bonds. The molecule has 2 aromatic carbocycles. The Balaban J connectivity index is 1.84. The van der Waals surface area contributed by atoms with Crippen molar-refractivity contribution in [3.05, 3.63) is 64.2 Å². The van der Waals surface area contributed by atoms with Crippen LogP contribution in [0.3, 0.4) is 0 Å². The van der Waals surface area contributed by atoms with Crippen LogP contribution in [0, 0.1) is 10.1 Å². The highest BCUT2D eigenvalue weighted by Gasteiger charge is 2.25. The van der Waals surface area contributed by atoms with Crippen molar-refractivity contribution < 1.29 is 4.92 Å². The average molecular weight is 326 g/mol. The SMILES string of the molecule is CN1CCN(c2cccc(NCc3ccccc3)c2[N+](=O)[O-])CC1. The van der Waals surface area contributed by atoms with Crippen molar-refractivity contribution >= 4 is 17.1 Å². The maximum Gasteiger partial charge on any atom is 0.315 e. The van der Waals surface area contributed by atoms with Crippen LogP contribution in [-0.2, 0) is 6.54 Å². The average Bonchev–Trinajstić information content (AvgIpc) is 2.61. The summed E-state index contributed by atoms with van der Waals surface area (Å²) in [5.74, 6) is 0. The van der Waals surface area contributed by atoms with Crippen molar-refractivity contribution in [3.8, 4) is 0 Å². The summed E-state index contributed by atoms with van der Waals surface area (Å²) in [5.41, 5.74) is 2.53. The number of hydrogen-bond acceptors (Lipinski definition) is 5. The van der Waals surface area contributed by atoms with E-state index in [-0.39, 0.29) is 10.6 Å². The Kier molecular flexibility index (Phi) is 4.96. The van der Waals surface area contributed by atoms with E-state index in [4.69, 9.17) is 0 Å². The van der Waals surface area contributed by atoms with Gasteiger partial charge in [-0.25, -0.2) is 0 Å². The minimum absolute atomic E-state index is 0.165. The Labute approximate surface area is 141 Å². The van der Waals surface area contributed by atoms with E-state index in [0.717, 1.165) is 31.7 Å². The van der Waals surface area contributed by atoms with Gasteiger partial charge < -0.3 is 15.1 Å². The van der Waals surface area contributed by atoms with E-state index >= 15 is 0 Å². The molecule has 0 saturated carbocycles. The summed E-state index contributed by atoms with van der Waals surface area (Å²) in [7, 11) is 2.07. The molecule has 0 radical (unpaired) electrons. The predicted octanol–water partition coefficient (Wildman–Crippen LogP) is 2.96. The summed E-state index contributed by atoms with van der Waals surface area (Å²) >= 11 is 0. The molecule has 1 aliphatic rings. The molecular formula is C18H22N4O2. The Hall–Kier alpha value is -2.60. The summed E-state index contributed by atoms with van der Waals surface area (Å²) in [6, 6.07) is 15.4. The molecule has 6 nitrogen and oxygen atoms in total. The number of piperazine rings is 1. The largest absolute Gasteiger partial charge is 0.375 e. The van der Waals surface area contributed by atoms with Gasteiger partial charge in [-0.3, -0.25) is 10.1 Å². The van der Waals surface area contributed by atoms with Gasteiger partial charge >= 0.3 is 5.69 Å². The molecule has 24 heavy (non-hydrogen) atoms. The van der Waals surface area contributed by atoms with E-state index in [9.17, 15) is 10.1 Å². The van der Waals surface area contributed by atoms with Crippen molar-refractivity contribution in [1.82, 2.24) is 4.90 Å². The quantitative estimate of drug-likeness (QED) is 0.676. The van der Waals surface area contributed by atoms with Crippen molar-refractivity contribution in [2.75, 3.05) is 43.4 Å². The highest BCUT2D eigenvalue weighted by molar-refractivity contribution is 5.77. The number of nitrogens with one attached hydrogen (secondary N) is 1. The number of anilines is 2. The van der Waals surface area contributed by atoms with Crippen LogP contribution < -0.4 is 10.2 Å². The fourth-order valence-corrected chi connectivity index (χ4v) is 2.96. The first kappa shape index (κ1) is 16.3. The summed E-state index contributed by atoms with van der Waals surface area (Å²) in [6.45, 7) is 4.00. The zero-order valence-electron chi connectivity index (χ0n) is 13.8. The molecule has 0 bridgehead atoms. The zero-order chi connectivity index (χ0) is 16.9. The molecule has 2 aromatic rings. The molecule has 1 heterocycles. The fourth-order valence-electron chi connectivity index (χ4n) is 2.96. The number of hydrogen-bond donors (Lipinski definition) is 1. The highest BCUT2D eigenvalue weighted by Crippen LogP contribution is 2.36. The summed E-state index contributed by atoms with van der Waals surface area (Å²) in [5, 5.41) is 14.9. The molecular weight excluding hydrogens is 304 g/mol. The van der Waals surface area contributed by atoms with E-state index in [1.807, 2.05) is 42.5 Å². The van der Waals surface area contributed by atoms with Crippen LogP contribution in [-0.4, -0.2) is 43.0 Å². The minimum atomic E-state index is -0.277. The Morgan fingerprint density at radius 3 is 2.42 bits per heavy atom. The molecule has 1 N–H and O–H groups in total. The zero-order valence-corrected chi connectivity index (χ0v) is 13.8. The lowest BCUT2D eigenvalue weighted by molar-refractivity contribution is -0.383. The second-order valence-electron chi connectivity index (χ2n) is 6.06. The lowest BCUT2D eigenvalue weighted by Gasteiger charge is -2.33. The molecule has 0 spiro atoms. The highest BCUT2D eigenvalue weighted by atomic mass is 16.6. The van der Waals surface area contributed by atoms with E-state index in [2.05, 4.69) is 22.2 Å². The Bertz CT molecular complexity index is 697. The number of nitro benzene ring substituents is 1. The molecule has 1 aliphatic heterocycles. The topological polar surface area (TPSA) is 61.6 Å². The molecule has 0 aromatic heterocycles. The number of rotatable bonds is 5. The van der Waals surface area contributed by atoms with E-state index in [0.29, 0.717) is 17.9 Å². The van der Waals surface area contributed by atoms with Gasteiger partial charge in [0.2, 0.25) is 0 Å². The first-order chi connectivity index (χ1) is 11.6. The monoisotopic (exact) mass is 326 g/mol. The van der Waals surface area contributed by atoms with Gasteiger partial charge in [0.1, 0.15) is 11.4 Å². The number of likely N-dealkylation sites (N-methyl/N-ethyl adjacent to an activating group) is 1. The lowest BCUT2D eigenvalue weighted by Crippen LogP contribution is -2.44. The van der Waals surface area contributed by atoms with Crippen molar-refractivity contribution in [2.24, 2.45) is 0 Å². The molecule has 6 heteroatoms. The van der Waals surface area contributed by atoms with Crippen LogP contribution >= 0.6 is 0 Å². The fraction of sp³-hybridized carbons (Fsp3) is 0.333. The van der Waals surface area contributed by atoms with E-state index in [1.54, 1.807) is 6.07 Å². The van der Waals surface area contributed by atoms with Crippen LogP contribution in [0.4, 0.5) is 17.1 Å². The Morgan fingerprint density at radius 2 is 1.75 bits per heavy atom. The first-order valence-electron chi connectivity index (χ1n) is 8.14. The third-order valence-electron chi connectivity index (χ3n) is 4.37. The van der Waals surface area contributed by atoms with Gasteiger partial charge in [-0.15, -0.1) is 0 Å². The van der Waals surface area contributed by atoms with Gasteiger partial charge in [-0.05, 0) is 24.7 Å². The van der Waals surface area contributed by atoms with Crippen LogP contribution in [0.2, 0.25) is 0 Å². The number of para-hydroxylation sites is 1. The maximum atomic E-state index is 11.7. The van der Waals surface area contributed by atoms with Crippen molar-refractivity contribution in [2.45, 2.75) is 6.54 Å². The molecule has 0 unspecified atom stereocenters. The van der Waals surface area contributed by atoms with Crippen molar-refractivity contribution in [1.29, 1.82) is 0 Å². The first-order valence-corrected chi connectivity index (χ1v) is 8.14. The molecule has 0 atom stereocenters. The maximum absolute atomic E-state index is 11.7. The van der Waals surface area contributed by atoms with E-state index < -0.39 is 0 Å². The standard InChI is InChI=1S/C18H22N4O2/c1-20-10-12-21(13-11-20)17-9-5-8-16(18(17)22(23)24)19-14-15-6-3-2-4-7-15/h2-9,19H,10-14H2,1H3. The molecule has 1 saturated heterocycles. The van der Waals surface area contributed by atoms with Crippen LogP contribution in [0.1, 0.15) is 5.56 Å². The Morgan fingerprint density at radius 1 is 1.04 bits per heavy atom. The molecule has 126 valence electrons. The number of nitrogens with zero attached hydrogens (tertiary/aromatic N) is 3. The summed E-state index contributed by atoms with van der Waals surface area (Å²) in [6.07, 6.45) is 0. The van der Waals surface area contributed by atoms with Gasteiger partial charge in [0.25, 0.3) is 0 Å². The van der Waals surface area contributed by atoms with Gasteiger partial charge in [-0.2, -0.15) is 0 Å². The van der Waals surface area contributed by atoms with Crippen LogP contribution in [0.5, 0.6) is 0 Å². The van der Waals surface area contributed by atoms with E-state index in [1.165, 1.54) is 0 Å². The van der Waals surface area contributed by atoms with Gasteiger partial charge in [-0.1, -0.05) is 36.4 Å².